The van der Waals surface area contributed by atoms with Gasteiger partial charge >= 0.3 is 0 Å². The van der Waals surface area contributed by atoms with Crippen molar-refractivity contribution in [3.8, 4) is 22.5 Å². The molecule has 1 heterocycles. The van der Waals surface area contributed by atoms with E-state index >= 15 is 0 Å². The van der Waals surface area contributed by atoms with E-state index in [0.29, 0.717) is 0 Å². The molecule has 2 heteroatoms. The fraction of sp³-hybridized carbons (Fsp3) is 0.167. The average molecular weight is 263 g/mol. The summed E-state index contributed by atoms with van der Waals surface area (Å²) >= 11 is 0. The van der Waals surface area contributed by atoms with Gasteiger partial charge in [-0.1, -0.05) is 48.0 Å². The third kappa shape index (κ3) is 2.14. The van der Waals surface area contributed by atoms with E-state index in [4.69, 9.17) is 0 Å². The molecule has 0 aliphatic rings. The number of benzene rings is 2. The van der Waals surface area contributed by atoms with E-state index in [1.165, 1.54) is 28.1 Å². The van der Waals surface area contributed by atoms with E-state index in [2.05, 4.69) is 85.0 Å². The number of aryl methyl sites for hydroxylation is 1. The lowest BCUT2D eigenvalue weighted by atomic mass is 10.1. The van der Waals surface area contributed by atoms with Gasteiger partial charge in [-0.05, 0) is 19.1 Å². The van der Waals surface area contributed by atoms with E-state index in [1.807, 2.05) is 6.07 Å². The van der Waals surface area contributed by atoms with Crippen LogP contribution in [0.4, 0.5) is 0 Å². The Hall–Kier alpha value is -2.35. The number of rotatable bonds is 2. The molecule has 0 unspecified atom stereocenters. The van der Waals surface area contributed by atoms with Crippen LogP contribution in [-0.2, 0) is 14.1 Å². The van der Waals surface area contributed by atoms with Gasteiger partial charge in [-0.25, -0.2) is 0 Å². The molecule has 0 amide bonds. The first-order chi connectivity index (χ1) is 9.66. The Morgan fingerprint density at radius 3 is 2.25 bits per heavy atom. The van der Waals surface area contributed by atoms with E-state index < -0.39 is 0 Å². The molecule has 0 fully saturated rings. The van der Waals surface area contributed by atoms with Crippen molar-refractivity contribution in [1.82, 2.24) is 4.68 Å². The van der Waals surface area contributed by atoms with Crippen LogP contribution < -0.4 is 4.68 Å². The molecule has 20 heavy (non-hydrogen) atoms. The monoisotopic (exact) mass is 263 g/mol. The molecule has 0 saturated heterocycles. The first-order valence-corrected chi connectivity index (χ1v) is 6.85. The highest BCUT2D eigenvalue weighted by Gasteiger charge is 2.19. The van der Waals surface area contributed by atoms with E-state index in [-0.39, 0.29) is 0 Å². The van der Waals surface area contributed by atoms with Crippen molar-refractivity contribution < 1.29 is 4.68 Å². The SMILES string of the molecule is Cc1cccc(-c2cc(-c3ccccc3)n(C)[n+]2C)c1. The van der Waals surface area contributed by atoms with Crippen LogP contribution in [0.15, 0.2) is 60.7 Å². The summed E-state index contributed by atoms with van der Waals surface area (Å²) in [4.78, 5) is 0. The van der Waals surface area contributed by atoms with Gasteiger partial charge in [-0.2, -0.15) is 4.68 Å². The average Bonchev–Trinajstić information content (AvgIpc) is 2.76. The van der Waals surface area contributed by atoms with Crippen LogP contribution in [-0.4, -0.2) is 4.68 Å². The molecule has 2 aromatic carbocycles. The molecular weight excluding hydrogens is 244 g/mol. The molecule has 0 radical (unpaired) electrons. The standard InChI is InChI=1S/C18H19N2/c1-14-8-7-11-16(12-14)18-13-17(19(2)20(18)3)15-9-5-4-6-10-15/h4-13H,1-3H3/q+1. The van der Waals surface area contributed by atoms with E-state index in [0.717, 1.165) is 0 Å². The van der Waals surface area contributed by atoms with Gasteiger partial charge in [0.2, 0.25) is 5.69 Å². The van der Waals surface area contributed by atoms with E-state index in [9.17, 15) is 0 Å². The van der Waals surface area contributed by atoms with Crippen LogP contribution in [0, 0.1) is 6.92 Å². The summed E-state index contributed by atoms with van der Waals surface area (Å²) in [7, 11) is 4.20. The van der Waals surface area contributed by atoms with Crippen LogP contribution in [0.5, 0.6) is 0 Å². The van der Waals surface area contributed by atoms with Crippen molar-refractivity contribution in [2.75, 3.05) is 0 Å². The quantitative estimate of drug-likeness (QED) is 0.626. The van der Waals surface area contributed by atoms with Crippen molar-refractivity contribution in [2.24, 2.45) is 14.1 Å². The van der Waals surface area contributed by atoms with Gasteiger partial charge in [-0.15, -0.1) is 4.68 Å². The maximum absolute atomic E-state index is 2.25. The summed E-state index contributed by atoms with van der Waals surface area (Å²) < 4.78 is 4.38. The largest absolute Gasteiger partial charge is 0.238 e. The zero-order chi connectivity index (χ0) is 14.1. The lowest BCUT2D eigenvalue weighted by Gasteiger charge is -1.99. The predicted octanol–water partition coefficient (Wildman–Crippen LogP) is 3.49. The minimum absolute atomic E-state index is 1.23. The zero-order valence-electron chi connectivity index (χ0n) is 12.2. The van der Waals surface area contributed by atoms with Gasteiger partial charge < -0.3 is 0 Å². The minimum atomic E-state index is 1.23. The van der Waals surface area contributed by atoms with Crippen molar-refractivity contribution in [2.45, 2.75) is 6.92 Å². The second kappa shape index (κ2) is 4.97. The fourth-order valence-corrected chi connectivity index (χ4v) is 2.59. The normalized spacial score (nSPS) is 10.8. The maximum Gasteiger partial charge on any atom is 0.238 e. The molecule has 100 valence electrons. The van der Waals surface area contributed by atoms with Crippen molar-refractivity contribution in [3.05, 3.63) is 66.2 Å². The molecule has 0 saturated carbocycles. The third-order valence-electron chi connectivity index (χ3n) is 3.80. The molecular formula is C18H19N2+. The Morgan fingerprint density at radius 1 is 0.850 bits per heavy atom. The molecule has 2 nitrogen and oxygen atoms in total. The molecule has 0 spiro atoms. The molecule has 0 atom stereocenters. The van der Waals surface area contributed by atoms with Gasteiger partial charge in [-0.3, -0.25) is 0 Å². The summed E-state index contributed by atoms with van der Waals surface area (Å²) in [5.41, 5.74) is 6.24. The van der Waals surface area contributed by atoms with E-state index in [1.54, 1.807) is 0 Å². The number of hydrogen-bond donors (Lipinski definition) is 0. The minimum Gasteiger partial charge on any atom is -0.156 e. The number of nitrogens with zero attached hydrogens (tertiary/aromatic N) is 2. The third-order valence-corrected chi connectivity index (χ3v) is 3.80. The zero-order valence-corrected chi connectivity index (χ0v) is 12.2. The summed E-state index contributed by atoms with van der Waals surface area (Å²) in [5, 5.41) is 0. The van der Waals surface area contributed by atoms with Gasteiger partial charge in [0.1, 0.15) is 5.69 Å². The predicted molar refractivity (Wildman–Crippen MR) is 82.2 cm³/mol. The highest BCUT2D eigenvalue weighted by Crippen LogP contribution is 2.24. The Balaban J connectivity index is 2.16. The van der Waals surface area contributed by atoms with Gasteiger partial charge in [0.15, 0.2) is 7.05 Å². The fourth-order valence-electron chi connectivity index (χ4n) is 2.59. The lowest BCUT2D eigenvalue weighted by Crippen LogP contribution is -2.39. The topological polar surface area (TPSA) is 8.81 Å². The van der Waals surface area contributed by atoms with Crippen LogP contribution in [0.1, 0.15) is 5.56 Å². The summed E-state index contributed by atoms with van der Waals surface area (Å²) in [6, 6.07) is 21.4. The van der Waals surface area contributed by atoms with Gasteiger partial charge in [0.25, 0.3) is 0 Å². The van der Waals surface area contributed by atoms with Crippen LogP contribution >= 0.6 is 0 Å². The Kier molecular flexibility index (Phi) is 3.15. The maximum atomic E-state index is 2.25. The number of hydrogen-bond acceptors (Lipinski definition) is 0. The van der Waals surface area contributed by atoms with Gasteiger partial charge in [0, 0.05) is 17.2 Å². The summed E-state index contributed by atoms with van der Waals surface area (Å²) in [6.07, 6.45) is 0. The molecule has 0 bridgehead atoms. The summed E-state index contributed by atoms with van der Waals surface area (Å²) in [6.45, 7) is 2.13. The molecule has 3 aromatic rings. The molecule has 0 N–H and O–H groups in total. The summed E-state index contributed by atoms with van der Waals surface area (Å²) in [5.74, 6) is 0. The smallest absolute Gasteiger partial charge is 0.156 e. The van der Waals surface area contributed by atoms with Gasteiger partial charge in [0.05, 0.1) is 7.05 Å². The van der Waals surface area contributed by atoms with Crippen molar-refractivity contribution in [1.29, 1.82) is 0 Å². The molecule has 0 aliphatic heterocycles. The Labute approximate surface area is 119 Å². The molecule has 1 aromatic heterocycles. The Bertz CT molecular complexity index is 739. The Morgan fingerprint density at radius 2 is 1.55 bits per heavy atom. The lowest BCUT2D eigenvalue weighted by molar-refractivity contribution is -0.740. The second-order valence-corrected chi connectivity index (χ2v) is 5.20. The van der Waals surface area contributed by atoms with Crippen LogP contribution in [0.3, 0.4) is 0 Å². The molecule has 0 aliphatic carbocycles. The van der Waals surface area contributed by atoms with Crippen molar-refractivity contribution in [3.63, 3.8) is 0 Å². The first kappa shape index (κ1) is 12.7. The number of aromatic nitrogens is 2. The van der Waals surface area contributed by atoms with Crippen molar-refractivity contribution >= 4 is 0 Å². The van der Waals surface area contributed by atoms with Crippen LogP contribution in [0.2, 0.25) is 0 Å². The molecule has 3 rings (SSSR count). The second-order valence-electron chi connectivity index (χ2n) is 5.20. The highest BCUT2D eigenvalue weighted by molar-refractivity contribution is 5.66. The highest BCUT2D eigenvalue weighted by atomic mass is 15.4. The first-order valence-electron chi connectivity index (χ1n) is 6.85. The van der Waals surface area contributed by atoms with Crippen LogP contribution in [0.25, 0.3) is 22.5 Å².